The Bertz CT molecular complexity index is 943. The average molecular weight is 408 g/mol. The summed E-state index contributed by atoms with van der Waals surface area (Å²) in [5, 5.41) is 5.70. The van der Waals surface area contributed by atoms with Crippen molar-refractivity contribution in [2.45, 2.75) is 52.0 Å². The Balaban J connectivity index is 1.83. The Labute approximate surface area is 177 Å². The number of carbonyl (C=O) groups excluding carboxylic acids is 3. The minimum absolute atomic E-state index is 0.220. The van der Waals surface area contributed by atoms with E-state index in [1.807, 2.05) is 36.4 Å². The highest BCUT2D eigenvalue weighted by Crippen LogP contribution is 2.33. The van der Waals surface area contributed by atoms with Gasteiger partial charge in [0.25, 0.3) is 5.91 Å². The summed E-state index contributed by atoms with van der Waals surface area (Å²) in [5.74, 6) is -0.393. The molecule has 1 aliphatic heterocycles. The topological polar surface area (TPSA) is 78.5 Å². The van der Waals surface area contributed by atoms with Gasteiger partial charge in [0, 0.05) is 5.69 Å². The van der Waals surface area contributed by atoms with Crippen molar-refractivity contribution in [3.05, 3.63) is 65.2 Å². The molecule has 6 heteroatoms. The molecule has 0 spiro atoms. The number of hydrogen-bond acceptors (Lipinski definition) is 3. The van der Waals surface area contributed by atoms with Crippen LogP contribution in [0.4, 0.5) is 10.5 Å². The Morgan fingerprint density at radius 2 is 1.53 bits per heavy atom. The number of nitrogens with one attached hydrogen (secondary N) is 2. The number of urea groups is 1. The fraction of sp³-hybridized carbons (Fsp3) is 0.375. The predicted molar refractivity (Wildman–Crippen MR) is 117 cm³/mol. The summed E-state index contributed by atoms with van der Waals surface area (Å²) in [6.45, 7) is 9.59. The molecule has 2 aromatic carbocycles. The van der Waals surface area contributed by atoms with E-state index in [1.165, 1.54) is 0 Å². The lowest BCUT2D eigenvalue weighted by molar-refractivity contribution is -0.133. The highest BCUT2D eigenvalue weighted by atomic mass is 16.2. The van der Waals surface area contributed by atoms with Crippen LogP contribution in [-0.2, 0) is 15.1 Å². The van der Waals surface area contributed by atoms with Crippen LogP contribution in [0.25, 0.3) is 0 Å². The average Bonchev–Trinajstić information content (AvgIpc) is 2.92. The first-order chi connectivity index (χ1) is 14.1. The van der Waals surface area contributed by atoms with Crippen molar-refractivity contribution in [3.63, 3.8) is 0 Å². The third kappa shape index (κ3) is 3.95. The minimum Gasteiger partial charge on any atom is -0.324 e. The quantitative estimate of drug-likeness (QED) is 0.699. The molecule has 6 nitrogen and oxygen atoms in total. The van der Waals surface area contributed by atoms with Gasteiger partial charge in [0.05, 0.1) is 0 Å². The number of benzene rings is 2. The van der Waals surface area contributed by atoms with E-state index >= 15 is 0 Å². The van der Waals surface area contributed by atoms with Gasteiger partial charge >= 0.3 is 6.03 Å². The number of carbonyl (C=O) groups is 3. The zero-order valence-electron chi connectivity index (χ0n) is 18.2. The van der Waals surface area contributed by atoms with Gasteiger partial charge in [-0.15, -0.1) is 0 Å². The number of amides is 4. The van der Waals surface area contributed by atoms with E-state index < -0.39 is 23.4 Å². The molecule has 2 aromatic rings. The van der Waals surface area contributed by atoms with Gasteiger partial charge in [-0.2, -0.15) is 0 Å². The lowest BCUT2D eigenvalue weighted by atomic mass is 9.92. The summed E-state index contributed by atoms with van der Waals surface area (Å²) in [4.78, 5) is 39.4. The number of para-hydroxylation sites is 1. The van der Waals surface area contributed by atoms with E-state index in [9.17, 15) is 14.4 Å². The minimum atomic E-state index is -1.18. The standard InChI is InChI=1S/C24H29N3O3/c1-15(2)18-12-9-13-19(16(3)4)21(18)25-20(28)14-27-22(29)24(5,26-23(27)30)17-10-7-6-8-11-17/h6-13,15-16H,14H2,1-5H3,(H,25,28)(H,26,30). The summed E-state index contributed by atoms with van der Waals surface area (Å²) in [5.41, 5.74) is 2.32. The first kappa shape index (κ1) is 21.6. The van der Waals surface area contributed by atoms with Crippen LogP contribution in [0, 0.1) is 0 Å². The Kier molecular flexibility index (Phi) is 5.97. The smallest absolute Gasteiger partial charge is 0.324 e. The third-order valence-electron chi connectivity index (χ3n) is 5.57. The van der Waals surface area contributed by atoms with Crippen molar-refractivity contribution >= 4 is 23.5 Å². The number of imide groups is 1. The van der Waals surface area contributed by atoms with E-state index in [0.717, 1.165) is 21.7 Å². The molecule has 4 amide bonds. The van der Waals surface area contributed by atoms with Crippen LogP contribution in [0.5, 0.6) is 0 Å². The van der Waals surface area contributed by atoms with Crippen molar-refractivity contribution in [1.29, 1.82) is 0 Å². The highest BCUT2D eigenvalue weighted by Gasteiger charge is 2.49. The van der Waals surface area contributed by atoms with E-state index in [-0.39, 0.29) is 18.4 Å². The summed E-state index contributed by atoms with van der Waals surface area (Å²) < 4.78 is 0. The molecule has 1 aliphatic rings. The fourth-order valence-corrected chi connectivity index (χ4v) is 3.83. The van der Waals surface area contributed by atoms with Crippen LogP contribution in [0.2, 0.25) is 0 Å². The normalized spacial score (nSPS) is 18.8. The van der Waals surface area contributed by atoms with Crippen molar-refractivity contribution in [3.8, 4) is 0 Å². The number of hydrogen-bond donors (Lipinski definition) is 2. The molecule has 1 unspecified atom stereocenters. The maximum Gasteiger partial charge on any atom is 0.325 e. The molecular formula is C24H29N3O3. The molecule has 1 fully saturated rings. The van der Waals surface area contributed by atoms with Crippen molar-refractivity contribution in [1.82, 2.24) is 10.2 Å². The zero-order valence-corrected chi connectivity index (χ0v) is 18.2. The fourth-order valence-electron chi connectivity index (χ4n) is 3.83. The first-order valence-electron chi connectivity index (χ1n) is 10.3. The van der Waals surface area contributed by atoms with Crippen molar-refractivity contribution in [2.75, 3.05) is 11.9 Å². The molecule has 1 atom stereocenters. The molecule has 0 radical (unpaired) electrons. The van der Waals surface area contributed by atoms with Crippen LogP contribution in [0.3, 0.4) is 0 Å². The second-order valence-electron chi connectivity index (χ2n) is 8.48. The van der Waals surface area contributed by atoms with Gasteiger partial charge in [-0.3, -0.25) is 14.5 Å². The summed E-state index contributed by atoms with van der Waals surface area (Å²) in [6.07, 6.45) is 0. The van der Waals surface area contributed by atoms with Gasteiger partial charge in [0.2, 0.25) is 5.91 Å². The van der Waals surface area contributed by atoms with Gasteiger partial charge in [0.1, 0.15) is 12.1 Å². The molecule has 0 bridgehead atoms. The second-order valence-corrected chi connectivity index (χ2v) is 8.48. The van der Waals surface area contributed by atoms with Crippen LogP contribution < -0.4 is 10.6 Å². The monoisotopic (exact) mass is 407 g/mol. The van der Waals surface area contributed by atoms with Gasteiger partial charge in [0.15, 0.2) is 0 Å². The molecule has 0 saturated carbocycles. The third-order valence-corrected chi connectivity index (χ3v) is 5.57. The maximum absolute atomic E-state index is 13.0. The van der Waals surface area contributed by atoms with Crippen molar-refractivity contribution < 1.29 is 14.4 Å². The molecule has 1 saturated heterocycles. The van der Waals surface area contributed by atoms with E-state index in [1.54, 1.807) is 19.1 Å². The van der Waals surface area contributed by atoms with Gasteiger partial charge < -0.3 is 10.6 Å². The lowest BCUT2D eigenvalue weighted by Gasteiger charge is -2.23. The lowest BCUT2D eigenvalue weighted by Crippen LogP contribution is -2.42. The molecule has 3 rings (SSSR count). The predicted octanol–water partition coefficient (Wildman–Crippen LogP) is 4.34. The van der Waals surface area contributed by atoms with E-state index in [4.69, 9.17) is 0 Å². The molecule has 0 aromatic heterocycles. The van der Waals surface area contributed by atoms with Crippen LogP contribution in [0.1, 0.15) is 63.1 Å². The van der Waals surface area contributed by atoms with Crippen molar-refractivity contribution in [2.24, 2.45) is 0 Å². The molecular weight excluding hydrogens is 378 g/mol. The summed E-state index contributed by atoms with van der Waals surface area (Å²) in [7, 11) is 0. The Hall–Kier alpha value is -3.15. The molecule has 0 aliphatic carbocycles. The molecule has 158 valence electrons. The van der Waals surface area contributed by atoms with Crippen LogP contribution in [-0.4, -0.2) is 29.3 Å². The summed E-state index contributed by atoms with van der Waals surface area (Å²) in [6, 6.07) is 14.4. The second kappa shape index (κ2) is 8.30. The Morgan fingerprint density at radius 3 is 2.07 bits per heavy atom. The SMILES string of the molecule is CC(C)c1cccc(C(C)C)c1NC(=O)CN1C(=O)NC(C)(c2ccccc2)C1=O. The van der Waals surface area contributed by atoms with E-state index in [2.05, 4.69) is 38.3 Å². The largest absolute Gasteiger partial charge is 0.325 e. The number of anilines is 1. The van der Waals surface area contributed by atoms with Crippen LogP contribution >= 0.6 is 0 Å². The molecule has 30 heavy (non-hydrogen) atoms. The maximum atomic E-state index is 13.0. The highest BCUT2D eigenvalue weighted by molar-refractivity contribution is 6.10. The van der Waals surface area contributed by atoms with Gasteiger partial charge in [-0.1, -0.05) is 76.2 Å². The molecule has 1 heterocycles. The van der Waals surface area contributed by atoms with Crippen LogP contribution in [0.15, 0.2) is 48.5 Å². The first-order valence-corrected chi connectivity index (χ1v) is 10.3. The van der Waals surface area contributed by atoms with Gasteiger partial charge in [-0.05, 0) is 35.4 Å². The van der Waals surface area contributed by atoms with Gasteiger partial charge in [-0.25, -0.2) is 4.79 Å². The number of rotatable bonds is 6. The Morgan fingerprint density at radius 1 is 0.967 bits per heavy atom. The van der Waals surface area contributed by atoms with E-state index in [0.29, 0.717) is 5.56 Å². The zero-order chi connectivity index (χ0) is 22.1. The molecule has 2 N–H and O–H groups in total. The number of nitrogens with zero attached hydrogens (tertiary/aromatic N) is 1. The summed E-state index contributed by atoms with van der Waals surface area (Å²) >= 11 is 0.